The minimum atomic E-state index is -0.556. The number of aliphatic imine (C=N–C) groups is 1. The molecule has 0 spiro atoms. The first-order chi connectivity index (χ1) is 10.0. The van der Waals surface area contributed by atoms with E-state index < -0.39 is 11.6 Å². The van der Waals surface area contributed by atoms with E-state index in [2.05, 4.69) is 4.99 Å². The topological polar surface area (TPSA) is 12.4 Å². The van der Waals surface area contributed by atoms with E-state index in [1.54, 1.807) is 20.2 Å². The standard InChI is InChI=1S/C18H17F2N/c1-12-10-15(19)11-17(20)18(12)13(2)16-7-5-4-6-14(16)8-9-21-3/h4-11H,1-3H3/b14-8-,16-13+,21-9+. The van der Waals surface area contributed by atoms with Crippen molar-refractivity contribution in [3.8, 4) is 0 Å². The van der Waals surface area contributed by atoms with Gasteiger partial charge in [0.05, 0.1) is 0 Å². The van der Waals surface area contributed by atoms with Gasteiger partial charge in [-0.25, -0.2) is 8.78 Å². The van der Waals surface area contributed by atoms with Crippen molar-refractivity contribution >= 4 is 17.9 Å². The van der Waals surface area contributed by atoms with E-state index in [-0.39, 0.29) is 0 Å². The van der Waals surface area contributed by atoms with Gasteiger partial charge in [0.2, 0.25) is 0 Å². The van der Waals surface area contributed by atoms with Crippen LogP contribution in [0.25, 0.3) is 11.6 Å². The fourth-order valence-corrected chi connectivity index (χ4v) is 2.45. The lowest BCUT2D eigenvalue weighted by molar-refractivity contribution is 0.579. The number of halogens is 2. The summed E-state index contributed by atoms with van der Waals surface area (Å²) in [5.74, 6) is -1.09. The lowest BCUT2D eigenvalue weighted by Gasteiger charge is -2.09. The summed E-state index contributed by atoms with van der Waals surface area (Å²) in [5, 5.41) is 1.86. The van der Waals surface area contributed by atoms with Crippen LogP contribution in [0.5, 0.6) is 0 Å². The summed E-state index contributed by atoms with van der Waals surface area (Å²) in [4.78, 5) is 3.94. The Hall–Kier alpha value is -2.29. The maximum Gasteiger partial charge on any atom is 0.133 e. The second kappa shape index (κ2) is 6.44. The Morgan fingerprint density at radius 1 is 1.14 bits per heavy atom. The van der Waals surface area contributed by atoms with Crippen molar-refractivity contribution < 1.29 is 8.78 Å². The Kier molecular flexibility index (Phi) is 4.63. The molecule has 0 aliphatic heterocycles. The first-order valence-corrected chi connectivity index (χ1v) is 6.69. The average molecular weight is 285 g/mol. The minimum absolute atomic E-state index is 0.450. The van der Waals surface area contributed by atoms with Crippen LogP contribution in [0.3, 0.4) is 0 Å². The third-order valence-electron chi connectivity index (χ3n) is 3.40. The lowest BCUT2D eigenvalue weighted by Crippen LogP contribution is -2.27. The second-order valence-corrected chi connectivity index (χ2v) is 4.87. The van der Waals surface area contributed by atoms with Gasteiger partial charge in [-0.15, -0.1) is 0 Å². The zero-order chi connectivity index (χ0) is 15.4. The van der Waals surface area contributed by atoms with Crippen molar-refractivity contribution in [1.29, 1.82) is 0 Å². The molecule has 0 aliphatic carbocycles. The zero-order valence-corrected chi connectivity index (χ0v) is 12.3. The average Bonchev–Trinajstić information content (AvgIpc) is 2.44. The van der Waals surface area contributed by atoms with E-state index >= 15 is 0 Å². The molecule has 0 fully saturated rings. The smallest absolute Gasteiger partial charge is 0.133 e. The molecule has 1 nitrogen and oxygen atoms in total. The third-order valence-corrected chi connectivity index (χ3v) is 3.40. The van der Waals surface area contributed by atoms with Crippen molar-refractivity contribution in [3.63, 3.8) is 0 Å². The van der Waals surface area contributed by atoms with Crippen LogP contribution in [-0.4, -0.2) is 13.3 Å². The Morgan fingerprint density at radius 3 is 2.52 bits per heavy atom. The van der Waals surface area contributed by atoms with Gasteiger partial charge >= 0.3 is 0 Å². The molecule has 0 unspecified atom stereocenters. The Bertz CT molecular complexity index is 781. The van der Waals surface area contributed by atoms with Gasteiger partial charge in [0.25, 0.3) is 0 Å². The molecule has 3 heteroatoms. The Morgan fingerprint density at radius 2 is 1.86 bits per heavy atom. The van der Waals surface area contributed by atoms with Crippen LogP contribution in [0.1, 0.15) is 18.1 Å². The van der Waals surface area contributed by atoms with Gasteiger partial charge in [-0.1, -0.05) is 24.3 Å². The predicted molar refractivity (Wildman–Crippen MR) is 83.9 cm³/mol. The summed E-state index contributed by atoms with van der Waals surface area (Å²) in [6.07, 6.45) is 3.57. The van der Waals surface area contributed by atoms with Crippen LogP contribution in [0, 0.1) is 18.6 Å². The molecule has 108 valence electrons. The summed E-state index contributed by atoms with van der Waals surface area (Å²) in [5.41, 5.74) is 1.82. The summed E-state index contributed by atoms with van der Waals surface area (Å²) in [7, 11) is 1.69. The molecule has 2 aromatic carbocycles. The van der Waals surface area contributed by atoms with Crippen LogP contribution in [0.15, 0.2) is 41.4 Å². The monoisotopic (exact) mass is 285 g/mol. The third kappa shape index (κ3) is 3.24. The molecule has 0 saturated carbocycles. The van der Waals surface area contributed by atoms with E-state index in [1.165, 1.54) is 6.07 Å². The minimum Gasteiger partial charge on any atom is -0.296 e. The van der Waals surface area contributed by atoms with E-state index in [0.717, 1.165) is 22.1 Å². The molecular weight excluding hydrogens is 268 g/mol. The van der Waals surface area contributed by atoms with Crippen molar-refractivity contribution in [2.45, 2.75) is 13.8 Å². The second-order valence-electron chi connectivity index (χ2n) is 4.87. The van der Waals surface area contributed by atoms with E-state index in [9.17, 15) is 8.78 Å². The van der Waals surface area contributed by atoms with Gasteiger partial charge in [0, 0.05) is 24.9 Å². The highest BCUT2D eigenvalue weighted by Crippen LogP contribution is 2.21. The number of nitrogens with zero attached hydrogens (tertiary/aromatic N) is 1. The number of hydrogen-bond donors (Lipinski definition) is 0. The molecule has 0 radical (unpaired) electrons. The summed E-state index contributed by atoms with van der Waals surface area (Å²) < 4.78 is 27.4. The zero-order valence-electron chi connectivity index (χ0n) is 12.3. The molecule has 2 aromatic rings. The number of hydrogen-bond acceptors (Lipinski definition) is 1. The Balaban J connectivity index is 2.83. The van der Waals surface area contributed by atoms with Gasteiger partial charge in [-0.05, 0) is 47.6 Å². The van der Waals surface area contributed by atoms with Gasteiger partial charge in [-0.3, -0.25) is 4.99 Å². The van der Waals surface area contributed by atoms with Crippen LogP contribution in [0.4, 0.5) is 8.78 Å². The van der Waals surface area contributed by atoms with Crippen LogP contribution in [0.2, 0.25) is 0 Å². The number of benzene rings is 2. The molecule has 21 heavy (non-hydrogen) atoms. The van der Waals surface area contributed by atoms with Crippen molar-refractivity contribution in [3.05, 3.63) is 69.6 Å². The molecule has 0 amide bonds. The lowest BCUT2D eigenvalue weighted by atomic mass is 9.98. The molecule has 0 atom stereocenters. The van der Waals surface area contributed by atoms with Gasteiger partial charge in [0.15, 0.2) is 0 Å². The largest absolute Gasteiger partial charge is 0.296 e. The molecule has 0 aliphatic rings. The fourth-order valence-electron chi connectivity index (χ4n) is 2.45. The fraction of sp³-hybridized carbons (Fsp3) is 0.167. The molecule has 0 heterocycles. The first-order valence-electron chi connectivity index (χ1n) is 6.69. The summed E-state index contributed by atoms with van der Waals surface area (Å²) in [6, 6.07) is 9.95. The molecule has 0 saturated heterocycles. The predicted octanol–water partition coefficient (Wildman–Crippen LogP) is 2.97. The van der Waals surface area contributed by atoms with E-state index in [4.69, 9.17) is 0 Å². The highest BCUT2D eigenvalue weighted by molar-refractivity contribution is 5.90. The maximum atomic E-state index is 14.1. The number of aryl methyl sites for hydroxylation is 1. The highest BCUT2D eigenvalue weighted by atomic mass is 19.1. The van der Waals surface area contributed by atoms with Crippen molar-refractivity contribution in [2.75, 3.05) is 7.05 Å². The maximum absolute atomic E-state index is 14.1. The van der Waals surface area contributed by atoms with E-state index in [1.807, 2.05) is 37.3 Å². The molecular formula is C18H17F2N. The van der Waals surface area contributed by atoms with Crippen LogP contribution in [-0.2, 0) is 0 Å². The van der Waals surface area contributed by atoms with E-state index in [0.29, 0.717) is 11.1 Å². The van der Waals surface area contributed by atoms with Crippen LogP contribution >= 0.6 is 0 Å². The first kappa shape index (κ1) is 15.1. The molecule has 0 bridgehead atoms. The number of rotatable bonds is 2. The van der Waals surface area contributed by atoms with Crippen molar-refractivity contribution in [1.82, 2.24) is 0 Å². The van der Waals surface area contributed by atoms with Crippen molar-refractivity contribution in [2.24, 2.45) is 4.99 Å². The van der Waals surface area contributed by atoms with Gasteiger partial charge < -0.3 is 0 Å². The highest BCUT2D eigenvalue weighted by Gasteiger charge is 2.10. The van der Waals surface area contributed by atoms with Gasteiger partial charge in [-0.2, -0.15) is 0 Å². The Labute approximate surface area is 123 Å². The normalized spacial score (nSPS) is 13.9. The SMILES string of the molecule is C/N=C/C=c1/cccc/c1=C(/C)c1c(C)cc(F)cc1F. The quantitative estimate of drug-likeness (QED) is 0.752. The summed E-state index contributed by atoms with van der Waals surface area (Å²) in [6.45, 7) is 3.56. The van der Waals surface area contributed by atoms with Crippen LogP contribution < -0.4 is 10.4 Å². The van der Waals surface area contributed by atoms with Gasteiger partial charge in [0.1, 0.15) is 11.6 Å². The molecule has 0 aromatic heterocycles. The molecule has 0 N–H and O–H groups in total. The molecule has 2 rings (SSSR count). The summed E-state index contributed by atoms with van der Waals surface area (Å²) >= 11 is 0.